The van der Waals surface area contributed by atoms with Crippen molar-refractivity contribution in [2.24, 2.45) is 0 Å². The van der Waals surface area contributed by atoms with E-state index in [0.717, 1.165) is 32.7 Å². The van der Waals surface area contributed by atoms with Gasteiger partial charge in [-0.15, -0.1) is 0 Å². The van der Waals surface area contributed by atoms with Crippen LogP contribution in [0.1, 0.15) is 0 Å². The second kappa shape index (κ2) is 5.09. The number of phosphoric ester groups is 1. The molecule has 1 aliphatic rings. The summed E-state index contributed by atoms with van der Waals surface area (Å²) in [6.07, 6.45) is 0. The number of fused-ring (bicyclic) bond motifs is 7. The number of hydrogen-bond acceptors (Lipinski definition) is 3. The Kier molecular flexibility index (Phi) is 2.96. The molecule has 4 nitrogen and oxygen atoms in total. The van der Waals surface area contributed by atoms with Gasteiger partial charge in [0.15, 0.2) is 0 Å². The quantitative estimate of drug-likeness (QED) is 0.424. The van der Waals surface area contributed by atoms with Gasteiger partial charge in [0.05, 0.1) is 0 Å². The van der Waals surface area contributed by atoms with Crippen molar-refractivity contribution in [3.8, 4) is 22.6 Å². The van der Waals surface area contributed by atoms with Gasteiger partial charge in [0, 0.05) is 21.9 Å². The molecule has 0 saturated heterocycles. The van der Waals surface area contributed by atoms with Crippen LogP contribution in [0.4, 0.5) is 0 Å². The summed E-state index contributed by atoms with van der Waals surface area (Å²) >= 11 is 0. The Hall–Kier alpha value is -2.81. The van der Waals surface area contributed by atoms with Crippen LogP contribution in [0.3, 0.4) is 0 Å². The number of hydrogen-bond donors (Lipinski definition) is 1. The average Bonchev–Trinajstić information content (AvgIpc) is 2.74. The van der Waals surface area contributed by atoms with Crippen LogP contribution >= 0.6 is 7.82 Å². The van der Waals surface area contributed by atoms with Gasteiger partial charge in [0.2, 0.25) is 0 Å². The predicted octanol–water partition coefficient (Wildman–Crippen LogP) is 5.53. The third-order valence-corrected chi connectivity index (χ3v) is 5.29. The molecule has 5 rings (SSSR count). The Balaban J connectivity index is 1.94. The third kappa shape index (κ3) is 2.23. The molecule has 0 bridgehead atoms. The Morgan fingerprint density at radius 2 is 1.08 bits per heavy atom. The van der Waals surface area contributed by atoms with Crippen molar-refractivity contribution in [1.29, 1.82) is 0 Å². The molecule has 0 unspecified atom stereocenters. The normalized spacial score (nSPS) is 14.9. The molecule has 0 amide bonds. The Bertz CT molecular complexity index is 1110. The second-order valence-electron chi connectivity index (χ2n) is 5.98. The van der Waals surface area contributed by atoms with Crippen LogP contribution in [0.25, 0.3) is 32.7 Å². The van der Waals surface area contributed by atoms with E-state index in [0.29, 0.717) is 11.5 Å². The zero-order valence-electron chi connectivity index (χ0n) is 13.0. The van der Waals surface area contributed by atoms with Crippen LogP contribution in [0.5, 0.6) is 11.5 Å². The monoisotopic (exact) mass is 348 g/mol. The topological polar surface area (TPSA) is 55.8 Å². The molecule has 1 heterocycles. The van der Waals surface area contributed by atoms with Crippen LogP contribution in [-0.4, -0.2) is 4.89 Å². The lowest BCUT2D eigenvalue weighted by Gasteiger charge is -2.13. The molecule has 4 aromatic carbocycles. The first kappa shape index (κ1) is 14.5. The van der Waals surface area contributed by atoms with Crippen molar-refractivity contribution >= 4 is 29.4 Å². The van der Waals surface area contributed by atoms with Crippen LogP contribution in [-0.2, 0) is 4.57 Å². The minimum atomic E-state index is -4.30. The summed E-state index contributed by atoms with van der Waals surface area (Å²) in [5, 5.41) is 3.42. The second-order valence-corrected chi connectivity index (χ2v) is 7.28. The number of benzene rings is 4. The fraction of sp³-hybridized carbons (Fsp3) is 0. The Labute approximate surface area is 143 Å². The van der Waals surface area contributed by atoms with E-state index in [2.05, 4.69) is 0 Å². The molecule has 0 spiro atoms. The molecule has 1 aliphatic heterocycles. The summed E-state index contributed by atoms with van der Waals surface area (Å²) < 4.78 is 23.5. The lowest BCUT2D eigenvalue weighted by Crippen LogP contribution is -1.98. The molecule has 0 aliphatic carbocycles. The molecule has 0 fully saturated rings. The fourth-order valence-corrected chi connectivity index (χ4v) is 4.25. The van der Waals surface area contributed by atoms with Gasteiger partial charge in [-0.25, -0.2) is 4.57 Å². The summed E-state index contributed by atoms with van der Waals surface area (Å²) in [7, 11) is -4.30. The van der Waals surface area contributed by atoms with Crippen molar-refractivity contribution < 1.29 is 18.5 Å². The van der Waals surface area contributed by atoms with E-state index in [1.54, 1.807) is 0 Å². The molecule has 122 valence electrons. The molecule has 25 heavy (non-hydrogen) atoms. The third-order valence-electron chi connectivity index (χ3n) is 4.46. The highest BCUT2D eigenvalue weighted by Crippen LogP contribution is 2.56. The molecular weight excluding hydrogens is 335 g/mol. The van der Waals surface area contributed by atoms with Crippen molar-refractivity contribution in [1.82, 2.24) is 0 Å². The fourth-order valence-electron chi connectivity index (χ4n) is 3.36. The molecule has 0 aromatic heterocycles. The van der Waals surface area contributed by atoms with Gasteiger partial charge in [0.25, 0.3) is 0 Å². The summed E-state index contributed by atoms with van der Waals surface area (Å²) in [5.41, 5.74) is 1.48. The maximum absolute atomic E-state index is 12.6. The van der Waals surface area contributed by atoms with Crippen molar-refractivity contribution in [2.45, 2.75) is 0 Å². The number of rotatable bonds is 0. The van der Waals surface area contributed by atoms with Gasteiger partial charge in [-0.2, -0.15) is 0 Å². The van der Waals surface area contributed by atoms with Crippen molar-refractivity contribution in [3.63, 3.8) is 0 Å². The lowest BCUT2D eigenvalue weighted by atomic mass is 9.96. The molecular formula is C20H13O4P. The van der Waals surface area contributed by atoms with Gasteiger partial charge < -0.3 is 9.05 Å². The SMILES string of the molecule is O=P1(O)Oc2c(ccc3ccccc23)-c2ccc3ccccc3c2O1. The molecule has 1 N–H and O–H groups in total. The maximum Gasteiger partial charge on any atom is 0.584 e. The predicted molar refractivity (Wildman–Crippen MR) is 98.0 cm³/mol. The maximum atomic E-state index is 12.6. The molecule has 5 heteroatoms. The first-order valence-electron chi connectivity index (χ1n) is 7.88. The van der Waals surface area contributed by atoms with Crippen LogP contribution in [0, 0.1) is 0 Å². The van der Waals surface area contributed by atoms with E-state index >= 15 is 0 Å². The van der Waals surface area contributed by atoms with E-state index in [1.165, 1.54) is 0 Å². The summed E-state index contributed by atoms with van der Waals surface area (Å²) in [5.74, 6) is 0.746. The zero-order valence-corrected chi connectivity index (χ0v) is 13.9. The largest absolute Gasteiger partial charge is 0.584 e. The van der Waals surface area contributed by atoms with Gasteiger partial charge in [0.1, 0.15) is 11.5 Å². The first-order valence-corrected chi connectivity index (χ1v) is 9.38. The van der Waals surface area contributed by atoms with E-state index in [1.807, 2.05) is 72.8 Å². The van der Waals surface area contributed by atoms with Gasteiger partial charge >= 0.3 is 7.82 Å². The summed E-state index contributed by atoms with van der Waals surface area (Å²) in [6, 6.07) is 23.0. The van der Waals surface area contributed by atoms with Crippen LogP contribution in [0.2, 0.25) is 0 Å². The molecule has 0 saturated carbocycles. The van der Waals surface area contributed by atoms with Gasteiger partial charge in [-0.05, 0) is 22.9 Å². The minimum absolute atomic E-state index is 0.373. The van der Waals surface area contributed by atoms with E-state index in [9.17, 15) is 9.46 Å². The molecule has 4 aromatic rings. The van der Waals surface area contributed by atoms with Crippen molar-refractivity contribution in [3.05, 3.63) is 72.8 Å². The summed E-state index contributed by atoms with van der Waals surface area (Å²) in [6.45, 7) is 0. The molecule has 0 radical (unpaired) electrons. The lowest BCUT2D eigenvalue weighted by molar-refractivity contribution is 0.296. The van der Waals surface area contributed by atoms with E-state index < -0.39 is 7.82 Å². The Morgan fingerprint density at radius 1 is 0.640 bits per heavy atom. The highest BCUT2D eigenvalue weighted by Gasteiger charge is 2.34. The first-order chi connectivity index (χ1) is 12.1. The highest BCUT2D eigenvalue weighted by molar-refractivity contribution is 7.48. The van der Waals surface area contributed by atoms with Crippen LogP contribution < -0.4 is 9.05 Å². The van der Waals surface area contributed by atoms with Crippen LogP contribution in [0.15, 0.2) is 72.8 Å². The van der Waals surface area contributed by atoms with Gasteiger partial charge in [-0.3, -0.25) is 4.89 Å². The van der Waals surface area contributed by atoms with Gasteiger partial charge in [-0.1, -0.05) is 60.7 Å². The summed E-state index contributed by atoms with van der Waals surface area (Å²) in [4.78, 5) is 10.3. The highest BCUT2D eigenvalue weighted by atomic mass is 31.2. The number of phosphoric acid groups is 1. The van der Waals surface area contributed by atoms with Crippen molar-refractivity contribution in [2.75, 3.05) is 0 Å². The zero-order chi connectivity index (χ0) is 17.0. The van der Waals surface area contributed by atoms with E-state index in [4.69, 9.17) is 9.05 Å². The minimum Gasteiger partial charge on any atom is -0.394 e. The Morgan fingerprint density at radius 3 is 1.56 bits per heavy atom. The van der Waals surface area contributed by atoms with E-state index in [-0.39, 0.29) is 0 Å². The molecule has 0 atom stereocenters. The standard InChI is InChI=1S/C20H13O4P/c21-25(22)23-19-15-7-3-1-5-13(15)9-11-17(19)18-12-10-14-6-2-4-8-16(14)20(18)24-25/h1-12H,(H,21,22). The average molecular weight is 348 g/mol. The smallest absolute Gasteiger partial charge is 0.394 e.